The number of hydrogen-bond donors (Lipinski definition) is 0. The number of hydrogen-bond acceptors (Lipinski definition) is 1. The lowest BCUT2D eigenvalue weighted by atomic mass is 10.1. The van der Waals surface area contributed by atoms with E-state index in [0.717, 1.165) is 5.56 Å². The molecule has 2 nitrogen and oxygen atoms in total. The molecule has 0 atom stereocenters. The Morgan fingerprint density at radius 2 is 2.33 bits per heavy atom. The van der Waals surface area contributed by atoms with Gasteiger partial charge in [-0.2, -0.15) is 0 Å². The lowest BCUT2D eigenvalue weighted by Gasteiger charge is -2.15. The summed E-state index contributed by atoms with van der Waals surface area (Å²) in [6.45, 7) is 4.14. The van der Waals surface area contributed by atoms with Crippen molar-refractivity contribution in [3.8, 4) is 0 Å². The standard InChI is InChI=1S/C12H14ClNO/c1-3-7-14(2)12(15)11-6-4-5-10(8-11)9-13/h3-6,8H,1,7,9H2,2H3. The van der Waals surface area contributed by atoms with Gasteiger partial charge >= 0.3 is 0 Å². The molecule has 0 aromatic heterocycles. The topological polar surface area (TPSA) is 20.3 Å². The summed E-state index contributed by atoms with van der Waals surface area (Å²) in [7, 11) is 1.75. The third-order valence-corrected chi connectivity index (χ3v) is 2.39. The van der Waals surface area contributed by atoms with Crippen LogP contribution in [-0.4, -0.2) is 24.4 Å². The van der Waals surface area contributed by atoms with Crippen molar-refractivity contribution in [3.05, 3.63) is 48.0 Å². The molecular formula is C12H14ClNO. The molecular weight excluding hydrogens is 210 g/mol. The zero-order chi connectivity index (χ0) is 11.3. The van der Waals surface area contributed by atoms with Gasteiger partial charge < -0.3 is 4.90 Å². The van der Waals surface area contributed by atoms with Crippen molar-refractivity contribution in [2.45, 2.75) is 5.88 Å². The number of amides is 1. The molecule has 1 aromatic rings. The number of likely N-dealkylation sites (N-methyl/N-ethyl adjacent to an activating group) is 1. The van der Waals surface area contributed by atoms with Crippen LogP contribution in [0.1, 0.15) is 15.9 Å². The van der Waals surface area contributed by atoms with Gasteiger partial charge in [0.25, 0.3) is 5.91 Å². The first kappa shape index (κ1) is 11.8. The smallest absolute Gasteiger partial charge is 0.253 e. The number of carbonyl (C=O) groups excluding carboxylic acids is 1. The Balaban J connectivity index is 2.85. The molecule has 0 unspecified atom stereocenters. The van der Waals surface area contributed by atoms with E-state index in [1.54, 1.807) is 24.1 Å². The summed E-state index contributed by atoms with van der Waals surface area (Å²) < 4.78 is 0. The van der Waals surface area contributed by atoms with Crippen molar-refractivity contribution in [1.82, 2.24) is 4.90 Å². The highest BCUT2D eigenvalue weighted by Crippen LogP contribution is 2.09. The van der Waals surface area contributed by atoms with Crippen molar-refractivity contribution in [2.75, 3.05) is 13.6 Å². The zero-order valence-corrected chi connectivity index (χ0v) is 9.50. The summed E-state index contributed by atoms with van der Waals surface area (Å²) in [6.07, 6.45) is 1.70. The minimum Gasteiger partial charge on any atom is -0.338 e. The molecule has 0 N–H and O–H groups in total. The van der Waals surface area contributed by atoms with Gasteiger partial charge in [0.15, 0.2) is 0 Å². The molecule has 0 saturated carbocycles. The second-order valence-corrected chi connectivity index (χ2v) is 3.58. The maximum Gasteiger partial charge on any atom is 0.253 e. The summed E-state index contributed by atoms with van der Waals surface area (Å²) in [4.78, 5) is 13.4. The minimum atomic E-state index is -0.0122. The van der Waals surface area contributed by atoms with E-state index < -0.39 is 0 Å². The van der Waals surface area contributed by atoms with E-state index in [9.17, 15) is 4.79 Å². The number of halogens is 1. The maximum atomic E-state index is 11.8. The average Bonchev–Trinajstić information content (AvgIpc) is 2.28. The molecule has 1 amide bonds. The molecule has 0 aliphatic rings. The third kappa shape index (κ3) is 3.10. The molecule has 0 fully saturated rings. The van der Waals surface area contributed by atoms with E-state index in [1.165, 1.54) is 0 Å². The van der Waals surface area contributed by atoms with Crippen LogP contribution in [0.3, 0.4) is 0 Å². The molecule has 0 spiro atoms. The van der Waals surface area contributed by atoms with E-state index in [0.29, 0.717) is 18.0 Å². The van der Waals surface area contributed by atoms with E-state index in [4.69, 9.17) is 11.6 Å². The molecule has 0 bridgehead atoms. The first-order valence-corrected chi connectivity index (χ1v) is 5.23. The summed E-state index contributed by atoms with van der Waals surface area (Å²) >= 11 is 5.70. The van der Waals surface area contributed by atoms with Gasteiger partial charge in [-0.1, -0.05) is 18.2 Å². The van der Waals surface area contributed by atoms with Crippen LogP contribution in [0.4, 0.5) is 0 Å². The van der Waals surface area contributed by atoms with Gasteiger partial charge in [0, 0.05) is 25.0 Å². The van der Waals surface area contributed by atoms with Gasteiger partial charge in [0.1, 0.15) is 0 Å². The van der Waals surface area contributed by atoms with Crippen LogP contribution in [0.15, 0.2) is 36.9 Å². The Morgan fingerprint density at radius 3 is 2.93 bits per heavy atom. The number of rotatable bonds is 4. The Kier molecular flexibility index (Phi) is 4.37. The molecule has 0 aliphatic heterocycles. The molecule has 0 radical (unpaired) electrons. The Hall–Kier alpha value is -1.28. The Bertz CT molecular complexity index is 362. The van der Waals surface area contributed by atoms with Crippen LogP contribution in [0.25, 0.3) is 0 Å². The quantitative estimate of drug-likeness (QED) is 0.568. The summed E-state index contributed by atoms with van der Waals surface area (Å²) in [5, 5.41) is 0. The molecule has 0 aliphatic carbocycles. The first-order chi connectivity index (χ1) is 7.19. The highest BCUT2D eigenvalue weighted by atomic mass is 35.5. The summed E-state index contributed by atoms with van der Waals surface area (Å²) in [6, 6.07) is 7.34. The van der Waals surface area contributed by atoms with Crippen LogP contribution in [0, 0.1) is 0 Å². The van der Waals surface area contributed by atoms with E-state index in [-0.39, 0.29) is 5.91 Å². The summed E-state index contributed by atoms with van der Waals surface area (Å²) in [5.41, 5.74) is 1.62. The molecule has 0 heterocycles. The molecule has 3 heteroatoms. The molecule has 0 saturated heterocycles. The van der Waals surface area contributed by atoms with Gasteiger partial charge in [-0.15, -0.1) is 18.2 Å². The SMILES string of the molecule is C=CCN(C)C(=O)c1cccc(CCl)c1. The monoisotopic (exact) mass is 223 g/mol. The molecule has 15 heavy (non-hydrogen) atoms. The fourth-order valence-corrected chi connectivity index (χ4v) is 1.45. The lowest BCUT2D eigenvalue weighted by Crippen LogP contribution is -2.26. The second kappa shape index (κ2) is 5.56. The van der Waals surface area contributed by atoms with Crippen molar-refractivity contribution >= 4 is 17.5 Å². The predicted molar refractivity (Wildman–Crippen MR) is 63.2 cm³/mol. The zero-order valence-electron chi connectivity index (χ0n) is 8.74. The van der Waals surface area contributed by atoms with Gasteiger partial charge in [0.05, 0.1) is 0 Å². The normalized spacial score (nSPS) is 9.73. The van der Waals surface area contributed by atoms with E-state index in [2.05, 4.69) is 6.58 Å². The molecule has 1 rings (SSSR count). The minimum absolute atomic E-state index is 0.0122. The maximum absolute atomic E-state index is 11.8. The predicted octanol–water partition coefficient (Wildman–Crippen LogP) is 2.68. The van der Waals surface area contributed by atoms with Crippen LogP contribution >= 0.6 is 11.6 Å². The number of alkyl halides is 1. The molecule has 80 valence electrons. The van der Waals surface area contributed by atoms with Crippen molar-refractivity contribution < 1.29 is 4.79 Å². The highest BCUT2D eigenvalue weighted by Gasteiger charge is 2.09. The van der Waals surface area contributed by atoms with Gasteiger partial charge in [-0.25, -0.2) is 0 Å². The third-order valence-electron chi connectivity index (χ3n) is 2.08. The van der Waals surface area contributed by atoms with Crippen molar-refractivity contribution in [3.63, 3.8) is 0 Å². The lowest BCUT2D eigenvalue weighted by molar-refractivity contribution is 0.0810. The second-order valence-electron chi connectivity index (χ2n) is 3.31. The largest absolute Gasteiger partial charge is 0.338 e. The van der Waals surface area contributed by atoms with Crippen molar-refractivity contribution in [2.24, 2.45) is 0 Å². The number of benzene rings is 1. The van der Waals surface area contributed by atoms with Gasteiger partial charge in [-0.05, 0) is 17.7 Å². The average molecular weight is 224 g/mol. The van der Waals surface area contributed by atoms with Crippen molar-refractivity contribution in [1.29, 1.82) is 0 Å². The van der Waals surface area contributed by atoms with E-state index >= 15 is 0 Å². The van der Waals surface area contributed by atoms with Crippen LogP contribution in [0.2, 0.25) is 0 Å². The van der Waals surface area contributed by atoms with Crippen LogP contribution in [0.5, 0.6) is 0 Å². The van der Waals surface area contributed by atoms with Crippen LogP contribution in [-0.2, 0) is 5.88 Å². The number of nitrogens with zero attached hydrogens (tertiary/aromatic N) is 1. The van der Waals surface area contributed by atoms with Gasteiger partial charge in [0.2, 0.25) is 0 Å². The summed E-state index contributed by atoms with van der Waals surface area (Å²) in [5.74, 6) is 0.411. The van der Waals surface area contributed by atoms with E-state index in [1.807, 2.05) is 18.2 Å². The van der Waals surface area contributed by atoms with Crippen LogP contribution < -0.4 is 0 Å². The van der Waals surface area contributed by atoms with Gasteiger partial charge in [-0.3, -0.25) is 4.79 Å². The highest BCUT2D eigenvalue weighted by molar-refractivity contribution is 6.17. The first-order valence-electron chi connectivity index (χ1n) is 4.70. The number of carbonyl (C=O) groups is 1. The Morgan fingerprint density at radius 1 is 1.60 bits per heavy atom. The fourth-order valence-electron chi connectivity index (χ4n) is 1.28. The fraction of sp³-hybridized carbons (Fsp3) is 0.250. The molecule has 1 aromatic carbocycles. The Labute approximate surface area is 95.2 Å².